The Labute approximate surface area is 167 Å². The van der Waals surface area contributed by atoms with Crippen molar-refractivity contribution >= 4 is 11.4 Å². The van der Waals surface area contributed by atoms with E-state index in [4.69, 9.17) is 0 Å². The molecule has 2 aliphatic rings. The molecule has 2 nitrogen and oxygen atoms in total. The van der Waals surface area contributed by atoms with Gasteiger partial charge in [0.2, 0.25) is 0 Å². The van der Waals surface area contributed by atoms with Crippen molar-refractivity contribution in [1.82, 2.24) is 4.90 Å². The molecule has 0 aromatic heterocycles. The smallest absolute Gasteiger partial charge is 0.175 e. The van der Waals surface area contributed by atoms with E-state index in [-0.39, 0.29) is 17.6 Å². The van der Waals surface area contributed by atoms with Gasteiger partial charge in [0.15, 0.2) is 5.78 Å². The van der Waals surface area contributed by atoms with Crippen LogP contribution in [0.5, 0.6) is 0 Å². The van der Waals surface area contributed by atoms with E-state index in [2.05, 4.69) is 44.4 Å². The predicted octanol–water partition coefficient (Wildman–Crippen LogP) is 6.12. The van der Waals surface area contributed by atoms with Gasteiger partial charge in [0.05, 0.1) is 5.70 Å². The van der Waals surface area contributed by atoms with Crippen molar-refractivity contribution in [1.29, 1.82) is 0 Å². The summed E-state index contributed by atoms with van der Waals surface area (Å²) in [6.07, 6.45) is 13.5. The number of Topliss-reactive ketones (excluding diaryl/α,β-unsaturated/α-hetero) is 1. The Hall–Kier alpha value is -2.68. The normalized spacial score (nSPS) is 22.6. The molecular formula is C25H28FNO. The number of halogens is 1. The number of hydrogen-bond acceptors (Lipinski definition) is 2. The molecule has 3 heteroatoms. The molecule has 1 aromatic rings. The van der Waals surface area contributed by atoms with Crippen LogP contribution in [-0.4, -0.2) is 16.7 Å². The molecule has 0 spiro atoms. The zero-order valence-electron chi connectivity index (χ0n) is 17.3. The molecule has 2 unspecified atom stereocenters. The summed E-state index contributed by atoms with van der Waals surface area (Å²) in [5.74, 6) is 0.299. The van der Waals surface area contributed by atoms with E-state index in [9.17, 15) is 9.18 Å². The minimum absolute atomic E-state index is 0.0522. The van der Waals surface area contributed by atoms with Gasteiger partial charge < -0.3 is 4.90 Å². The number of rotatable bonds is 4. The first-order chi connectivity index (χ1) is 13.3. The molecule has 0 saturated carbocycles. The molecular weight excluding hydrogens is 349 g/mol. The van der Waals surface area contributed by atoms with Crippen molar-refractivity contribution in [3.05, 3.63) is 88.6 Å². The van der Waals surface area contributed by atoms with Crippen molar-refractivity contribution in [2.45, 2.75) is 47.1 Å². The molecule has 0 radical (unpaired) electrons. The third-order valence-corrected chi connectivity index (χ3v) is 5.44. The SMILES string of the molecule is C/C=C(/C(C)=O)N1C=C(C2=C(c3ccc(F)c(C)c3)CC(C)C=C2)C=CC1C. The molecule has 0 amide bonds. The Morgan fingerprint density at radius 2 is 1.96 bits per heavy atom. The summed E-state index contributed by atoms with van der Waals surface area (Å²) >= 11 is 0. The number of hydrogen-bond donors (Lipinski definition) is 0. The molecule has 28 heavy (non-hydrogen) atoms. The van der Waals surface area contributed by atoms with Crippen molar-refractivity contribution in [2.75, 3.05) is 0 Å². The first-order valence-electron chi connectivity index (χ1n) is 9.85. The highest BCUT2D eigenvalue weighted by Crippen LogP contribution is 2.37. The lowest BCUT2D eigenvalue weighted by Gasteiger charge is -2.32. The molecule has 0 fully saturated rings. The highest BCUT2D eigenvalue weighted by atomic mass is 19.1. The van der Waals surface area contributed by atoms with Crippen LogP contribution in [0.25, 0.3) is 5.57 Å². The summed E-state index contributed by atoms with van der Waals surface area (Å²) in [5.41, 5.74) is 5.83. The predicted molar refractivity (Wildman–Crippen MR) is 114 cm³/mol. The van der Waals surface area contributed by atoms with Crippen LogP contribution in [0.4, 0.5) is 4.39 Å². The Kier molecular flexibility index (Phi) is 5.83. The monoisotopic (exact) mass is 377 g/mol. The number of allylic oxidation sites excluding steroid dienone is 8. The second kappa shape index (κ2) is 8.14. The van der Waals surface area contributed by atoms with Crippen LogP contribution in [0.2, 0.25) is 0 Å². The molecule has 0 saturated heterocycles. The van der Waals surface area contributed by atoms with Crippen LogP contribution < -0.4 is 0 Å². The highest BCUT2D eigenvalue weighted by molar-refractivity contribution is 5.93. The van der Waals surface area contributed by atoms with Gasteiger partial charge in [-0.1, -0.05) is 43.4 Å². The maximum atomic E-state index is 13.8. The number of carbonyl (C=O) groups is 1. The zero-order chi connectivity index (χ0) is 20.4. The average Bonchev–Trinajstić information content (AvgIpc) is 2.66. The summed E-state index contributed by atoms with van der Waals surface area (Å²) in [6, 6.07) is 5.45. The van der Waals surface area contributed by atoms with Crippen molar-refractivity contribution in [3.8, 4) is 0 Å². The van der Waals surface area contributed by atoms with Gasteiger partial charge in [-0.25, -0.2) is 4.39 Å². The maximum absolute atomic E-state index is 13.8. The summed E-state index contributed by atoms with van der Waals surface area (Å²) in [5, 5.41) is 0. The minimum Gasteiger partial charge on any atom is -0.338 e. The quantitative estimate of drug-likeness (QED) is 0.589. The molecule has 1 aliphatic heterocycles. The zero-order valence-corrected chi connectivity index (χ0v) is 17.3. The molecule has 1 aliphatic carbocycles. The van der Waals surface area contributed by atoms with E-state index in [0.29, 0.717) is 17.2 Å². The lowest BCUT2D eigenvalue weighted by molar-refractivity contribution is -0.114. The topological polar surface area (TPSA) is 20.3 Å². The van der Waals surface area contributed by atoms with Gasteiger partial charge in [-0.2, -0.15) is 0 Å². The van der Waals surface area contributed by atoms with Gasteiger partial charge in [-0.3, -0.25) is 4.79 Å². The van der Waals surface area contributed by atoms with E-state index in [1.807, 2.05) is 30.0 Å². The fourth-order valence-electron chi connectivity index (χ4n) is 3.87. The third kappa shape index (κ3) is 3.94. The molecule has 0 bridgehead atoms. The molecule has 2 atom stereocenters. The summed E-state index contributed by atoms with van der Waals surface area (Å²) in [7, 11) is 0. The third-order valence-electron chi connectivity index (χ3n) is 5.44. The first kappa shape index (κ1) is 20.1. The lowest BCUT2D eigenvalue weighted by atomic mass is 9.83. The van der Waals surface area contributed by atoms with Crippen LogP contribution in [0.3, 0.4) is 0 Å². The van der Waals surface area contributed by atoms with E-state index in [0.717, 1.165) is 23.1 Å². The number of carbonyl (C=O) groups excluding carboxylic acids is 1. The van der Waals surface area contributed by atoms with E-state index < -0.39 is 0 Å². The first-order valence-corrected chi connectivity index (χ1v) is 9.85. The van der Waals surface area contributed by atoms with E-state index in [1.165, 1.54) is 5.57 Å². The average molecular weight is 378 g/mol. The number of aryl methyl sites for hydroxylation is 1. The molecule has 1 aromatic carbocycles. The van der Waals surface area contributed by atoms with Crippen molar-refractivity contribution in [2.24, 2.45) is 5.92 Å². The van der Waals surface area contributed by atoms with Crippen LogP contribution in [0, 0.1) is 18.7 Å². The number of benzene rings is 1. The Bertz CT molecular complexity index is 945. The molecule has 1 heterocycles. The minimum atomic E-state index is -0.179. The second-order valence-corrected chi connectivity index (χ2v) is 7.72. The van der Waals surface area contributed by atoms with Crippen LogP contribution >= 0.6 is 0 Å². The van der Waals surface area contributed by atoms with Gasteiger partial charge in [0.25, 0.3) is 0 Å². The van der Waals surface area contributed by atoms with Crippen LogP contribution in [-0.2, 0) is 4.79 Å². The maximum Gasteiger partial charge on any atom is 0.175 e. The Morgan fingerprint density at radius 3 is 2.61 bits per heavy atom. The largest absolute Gasteiger partial charge is 0.338 e. The molecule has 3 rings (SSSR count). The molecule has 146 valence electrons. The van der Waals surface area contributed by atoms with Gasteiger partial charge >= 0.3 is 0 Å². The van der Waals surface area contributed by atoms with Crippen LogP contribution in [0.1, 0.15) is 45.2 Å². The van der Waals surface area contributed by atoms with Gasteiger partial charge in [0.1, 0.15) is 5.82 Å². The van der Waals surface area contributed by atoms with Crippen LogP contribution in [0.15, 0.2) is 71.6 Å². The number of nitrogens with zero attached hydrogens (tertiary/aromatic N) is 1. The van der Waals surface area contributed by atoms with E-state index >= 15 is 0 Å². The van der Waals surface area contributed by atoms with E-state index in [1.54, 1.807) is 19.9 Å². The second-order valence-electron chi connectivity index (χ2n) is 7.72. The summed E-state index contributed by atoms with van der Waals surface area (Å²) in [4.78, 5) is 14.1. The summed E-state index contributed by atoms with van der Waals surface area (Å²) < 4.78 is 13.8. The fourth-order valence-corrected chi connectivity index (χ4v) is 3.87. The van der Waals surface area contributed by atoms with Gasteiger partial charge in [-0.15, -0.1) is 0 Å². The van der Waals surface area contributed by atoms with Crippen molar-refractivity contribution < 1.29 is 9.18 Å². The van der Waals surface area contributed by atoms with Crippen molar-refractivity contribution in [3.63, 3.8) is 0 Å². The van der Waals surface area contributed by atoms with Gasteiger partial charge in [-0.05, 0) is 73.1 Å². The molecule has 0 N–H and O–H groups in total. The standard InChI is InChI=1S/C25H28FNO/c1-6-25(19(5)28)27-15-21(9-8-18(27)4)22-11-7-16(2)13-23(22)20-10-12-24(26)17(3)14-20/h6-12,14-16,18H,13H2,1-5H3/b25-6-. The highest BCUT2D eigenvalue weighted by Gasteiger charge is 2.23. The Morgan fingerprint density at radius 1 is 1.21 bits per heavy atom. The summed E-state index contributed by atoms with van der Waals surface area (Å²) in [6.45, 7) is 9.56. The lowest BCUT2D eigenvalue weighted by Crippen LogP contribution is -2.31. The van der Waals surface area contributed by atoms with Gasteiger partial charge in [0, 0.05) is 19.2 Å². The Balaban J connectivity index is 2.12. The number of ketones is 1. The fraction of sp³-hybridized carbons (Fsp3) is 0.320.